The lowest BCUT2D eigenvalue weighted by molar-refractivity contribution is 0.0158. The number of nitrogens with zero attached hydrogens (tertiary/aromatic N) is 1. The minimum Gasteiger partial charge on any atom is -0.381 e. The number of aromatic nitrogens is 1. The number of methoxy groups -OCH3 is 1. The summed E-state index contributed by atoms with van der Waals surface area (Å²) in [5.74, 6) is 1.10. The van der Waals surface area contributed by atoms with Crippen molar-refractivity contribution in [1.29, 1.82) is 0 Å². The van der Waals surface area contributed by atoms with Gasteiger partial charge in [0, 0.05) is 18.7 Å². The van der Waals surface area contributed by atoms with Gasteiger partial charge in [-0.1, -0.05) is 29.4 Å². The summed E-state index contributed by atoms with van der Waals surface area (Å²) in [4.78, 5) is 0. The van der Waals surface area contributed by atoms with E-state index in [4.69, 9.17) is 15.0 Å². The first kappa shape index (κ1) is 13.6. The fourth-order valence-corrected chi connectivity index (χ4v) is 1.81. The topological polar surface area (TPSA) is 61.3 Å². The molecule has 0 unspecified atom stereocenters. The van der Waals surface area contributed by atoms with E-state index in [1.54, 1.807) is 13.2 Å². The normalized spacial score (nSPS) is 11.7. The zero-order valence-electron chi connectivity index (χ0n) is 11.6. The molecule has 2 rings (SSSR count). The Morgan fingerprint density at radius 2 is 1.95 bits per heavy atom. The molecule has 1 aromatic heterocycles. The second kappa shape index (κ2) is 5.45. The average molecular weight is 260 g/mol. The Bertz CT molecular complexity index is 529. The van der Waals surface area contributed by atoms with Crippen molar-refractivity contribution in [1.82, 2.24) is 5.16 Å². The molecule has 4 nitrogen and oxygen atoms in total. The first-order valence-electron chi connectivity index (χ1n) is 6.37. The van der Waals surface area contributed by atoms with Gasteiger partial charge in [-0.2, -0.15) is 0 Å². The van der Waals surface area contributed by atoms with Crippen molar-refractivity contribution in [2.75, 3.05) is 12.8 Å². The number of hydrogen-bond donors (Lipinski definition) is 1. The number of rotatable bonds is 5. The summed E-state index contributed by atoms with van der Waals surface area (Å²) < 4.78 is 10.5. The SMILES string of the molecule is COC(C)(C)CCc1ccc(-c2cc(N)no2)cc1. The van der Waals surface area contributed by atoms with E-state index in [2.05, 4.69) is 31.1 Å². The Kier molecular flexibility index (Phi) is 3.90. The highest BCUT2D eigenvalue weighted by molar-refractivity contribution is 5.60. The summed E-state index contributed by atoms with van der Waals surface area (Å²) in [6.07, 6.45) is 1.97. The van der Waals surface area contributed by atoms with Gasteiger partial charge in [0.15, 0.2) is 11.6 Å². The standard InChI is InChI=1S/C15H20N2O2/c1-15(2,18-3)9-8-11-4-6-12(7-5-11)13-10-14(16)17-19-13/h4-7,10H,8-9H2,1-3H3,(H2,16,17). The summed E-state index contributed by atoms with van der Waals surface area (Å²) in [6.45, 7) is 4.19. The van der Waals surface area contributed by atoms with Gasteiger partial charge < -0.3 is 15.0 Å². The van der Waals surface area contributed by atoms with Crippen LogP contribution in [-0.2, 0) is 11.2 Å². The average Bonchev–Trinajstić information content (AvgIpc) is 2.84. The van der Waals surface area contributed by atoms with Crippen molar-refractivity contribution in [3.63, 3.8) is 0 Å². The van der Waals surface area contributed by atoms with E-state index in [0.717, 1.165) is 18.4 Å². The number of hydrogen-bond acceptors (Lipinski definition) is 4. The number of aryl methyl sites for hydroxylation is 1. The zero-order valence-corrected chi connectivity index (χ0v) is 11.6. The molecule has 102 valence electrons. The molecule has 4 heteroatoms. The molecule has 1 heterocycles. The van der Waals surface area contributed by atoms with E-state index in [1.807, 2.05) is 12.1 Å². The lowest BCUT2D eigenvalue weighted by Gasteiger charge is -2.22. The second-order valence-electron chi connectivity index (χ2n) is 5.28. The Balaban J connectivity index is 2.03. The minimum absolute atomic E-state index is 0.0853. The molecule has 0 atom stereocenters. The number of nitrogens with two attached hydrogens (primary N) is 1. The molecule has 2 aromatic rings. The highest BCUT2D eigenvalue weighted by Gasteiger charge is 2.15. The zero-order chi connectivity index (χ0) is 13.9. The Labute approximate surface area is 113 Å². The first-order valence-corrected chi connectivity index (χ1v) is 6.37. The predicted molar refractivity (Wildman–Crippen MR) is 75.8 cm³/mol. The summed E-state index contributed by atoms with van der Waals surface area (Å²) in [7, 11) is 1.75. The van der Waals surface area contributed by atoms with Crippen molar-refractivity contribution in [2.45, 2.75) is 32.3 Å². The maximum absolute atomic E-state index is 5.54. The summed E-state index contributed by atoms with van der Waals surface area (Å²) in [5.41, 5.74) is 7.72. The third kappa shape index (κ3) is 3.58. The van der Waals surface area contributed by atoms with Gasteiger partial charge in [0.2, 0.25) is 0 Å². The Morgan fingerprint density at radius 3 is 2.47 bits per heavy atom. The Morgan fingerprint density at radius 1 is 1.26 bits per heavy atom. The fourth-order valence-electron chi connectivity index (χ4n) is 1.81. The maximum atomic E-state index is 5.54. The first-order chi connectivity index (χ1) is 9.00. The van der Waals surface area contributed by atoms with Crippen LogP contribution in [0.25, 0.3) is 11.3 Å². The van der Waals surface area contributed by atoms with Crippen LogP contribution in [0.2, 0.25) is 0 Å². The number of nitrogen functional groups attached to an aromatic ring is 1. The molecule has 0 fully saturated rings. The lowest BCUT2D eigenvalue weighted by Crippen LogP contribution is -2.22. The van der Waals surface area contributed by atoms with Gasteiger partial charge in [0.05, 0.1) is 5.60 Å². The van der Waals surface area contributed by atoms with Crippen LogP contribution in [0.3, 0.4) is 0 Å². The van der Waals surface area contributed by atoms with Crippen molar-refractivity contribution in [3.8, 4) is 11.3 Å². The van der Waals surface area contributed by atoms with Crippen LogP contribution in [0.1, 0.15) is 25.8 Å². The molecular formula is C15H20N2O2. The van der Waals surface area contributed by atoms with E-state index < -0.39 is 0 Å². The molecule has 19 heavy (non-hydrogen) atoms. The highest BCUT2D eigenvalue weighted by atomic mass is 16.5. The summed E-state index contributed by atoms with van der Waals surface area (Å²) in [6, 6.07) is 9.97. The third-order valence-electron chi connectivity index (χ3n) is 3.34. The molecule has 0 aliphatic carbocycles. The molecule has 0 bridgehead atoms. The third-order valence-corrected chi connectivity index (χ3v) is 3.34. The van der Waals surface area contributed by atoms with Crippen LogP contribution >= 0.6 is 0 Å². The molecular weight excluding hydrogens is 240 g/mol. The van der Waals surface area contributed by atoms with Gasteiger partial charge in [-0.3, -0.25) is 0 Å². The van der Waals surface area contributed by atoms with Crippen LogP contribution in [0.15, 0.2) is 34.9 Å². The molecule has 0 spiro atoms. The van der Waals surface area contributed by atoms with Crippen molar-refractivity contribution >= 4 is 5.82 Å². The highest BCUT2D eigenvalue weighted by Crippen LogP contribution is 2.23. The number of anilines is 1. The predicted octanol–water partition coefficient (Wildman–Crippen LogP) is 3.28. The molecule has 0 saturated heterocycles. The van der Waals surface area contributed by atoms with E-state index in [1.165, 1.54) is 5.56 Å². The Hall–Kier alpha value is -1.81. The van der Waals surface area contributed by atoms with Crippen LogP contribution in [0, 0.1) is 0 Å². The van der Waals surface area contributed by atoms with Gasteiger partial charge in [-0.05, 0) is 32.3 Å². The quantitative estimate of drug-likeness (QED) is 0.896. The van der Waals surface area contributed by atoms with Gasteiger partial charge in [-0.15, -0.1) is 0 Å². The van der Waals surface area contributed by atoms with E-state index in [-0.39, 0.29) is 5.60 Å². The second-order valence-corrected chi connectivity index (χ2v) is 5.28. The molecule has 2 N–H and O–H groups in total. The van der Waals surface area contributed by atoms with E-state index >= 15 is 0 Å². The monoisotopic (exact) mass is 260 g/mol. The summed E-state index contributed by atoms with van der Waals surface area (Å²) in [5, 5.41) is 3.68. The van der Waals surface area contributed by atoms with Gasteiger partial charge in [0.1, 0.15) is 0 Å². The van der Waals surface area contributed by atoms with E-state index in [0.29, 0.717) is 11.6 Å². The van der Waals surface area contributed by atoms with Crippen molar-refractivity contribution < 1.29 is 9.26 Å². The van der Waals surface area contributed by atoms with Gasteiger partial charge in [-0.25, -0.2) is 0 Å². The van der Waals surface area contributed by atoms with Crippen LogP contribution < -0.4 is 5.73 Å². The smallest absolute Gasteiger partial charge is 0.169 e. The van der Waals surface area contributed by atoms with E-state index in [9.17, 15) is 0 Å². The van der Waals surface area contributed by atoms with Crippen LogP contribution in [-0.4, -0.2) is 17.9 Å². The number of ether oxygens (including phenoxy) is 1. The molecule has 0 saturated carbocycles. The largest absolute Gasteiger partial charge is 0.381 e. The molecule has 1 aromatic carbocycles. The molecule has 0 amide bonds. The lowest BCUT2D eigenvalue weighted by atomic mass is 9.98. The van der Waals surface area contributed by atoms with Gasteiger partial charge in [0.25, 0.3) is 0 Å². The summed E-state index contributed by atoms with van der Waals surface area (Å²) >= 11 is 0. The van der Waals surface area contributed by atoms with Crippen LogP contribution in [0.5, 0.6) is 0 Å². The van der Waals surface area contributed by atoms with Crippen molar-refractivity contribution in [3.05, 3.63) is 35.9 Å². The molecule has 0 aliphatic heterocycles. The minimum atomic E-state index is -0.0853. The maximum Gasteiger partial charge on any atom is 0.169 e. The number of benzene rings is 1. The van der Waals surface area contributed by atoms with Crippen molar-refractivity contribution in [2.24, 2.45) is 0 Å². The fraction of sp³-hybridized carbons (Fsp3) is 0.400. The van der Waals surface area contributed by atoms with Gasteiger partial charge >= 0.3 is 0 Å². The molecule has 0 radical (unpaired) electrons. The molecule has 0 aliphatic rings. The van der Waals surface area contributed by atoms with Crippen LogP contribution in [0.4, 0.5) is 5.82 Å².